The van der Waals surface area contributed by atoms with Crippen molar-refractivity contribution in [1.29, 1.82) is 0 Å². The van der Waals surface area contributed by atoms with Gasteiger partial charge in [0.05, 0.1) is 5.69 Å². The lowest BCUT2D eigenvalue weighted by molar-refractivity contribution is -0.121. The van der Waals surface area contributed by atoms with E-state index in [0.717, 1.165) is 5.69 Å². The average molecular weight is 292 g/mol. The first-order chi connectivity index (χ1) is 9.95. The standard InChI is InChI=1S/C13H20N6O2/c1-8(2)13-16-12(21-18-13)4-5-15-11(20)7-19-10(14)6-9(3)17-19/h6,8H,4-5,7,14H2,1-3H3,(H,15,20). The molecule has 8 nitrogen and oxygen atoms in total. The maximum Gasteiger partial charge on any atom is 0.241 e. The van der Waals surface area contributed by atoms with Gasteiger partial charge in [0.25, 0.3) is 0 Å². The van der Waals surface area contributed by atoms with E-state index in [1.807, 2.05) is 20.8 Å². The summed E-state index contributed by atoms with van der Waals surface area (Å²) in [4.78, 5) is 16.0. The fourth-order valence-electron chi connectivity index (χ4n) is 1.80. The van der Waals surface area contributed by atoms with E-state index in [1.165, 1.54) is 4.68 Å². The predicted molar refractivity (Wildman–Crippen MR) is 76.5 cm³/mol. The zero-order chi connectivity index (χ0) is 15.4. The molecule has 0 aliphatic carbocycles. The number of hydrogen-bond donors (Lipinski definition) is 2. The molecule has 114 valence electrons. The number of nitrogens with zero attached hydrogens (tertiary/aromatic N) is 4. The number of aryl methyl sites for hydroxylation is 1. The van der Waals surface area contributed by atoms with Gasteiger partial charge in [-0.05, 0) is 6.92 Å². The van der Waals surface area contributed by atoms with Gasteiger partial charge in [0, 0.05) is 24.9 Å². The Morgan fingerprint density at radius 3 is 2.86 bits per heavy atom. The van der Waals surface area contributed by atoms with Crippen LogP contribution in [0.15, 0.2) is 10.6 Å². The fourth-order valence-corrected chi connectivity index (χ4v) is 1.80. The van der Waals surface area contributed by atoms with E-state index in [2.05, 4.69) is 20.6 Å². The highest BCUT2D eigenvalue weighted by atomic mass is 16.5. The lowest BCUT2D eigenvalue weighted by Gasteiger charge is -2.05. The second-order valence-corrected chi connectivity index (χ2v) is 5.17. The third kappa shape index (κ3) is 4.04. The molecule has 2 aromatic rings. The van der Waals surface area contributed by atoms with Crippen molar-refractivity contribution in [2.45, 2.75) is 39.7 Å². The van der Waals surface area contributed by atoms with E-state index in [4.69, 9.17) is 10.3 Å². The lowest BCUT2D eigenvalue weighted by Crippen LogP contribution is -2.30. The van der Waals surface area contributed by atoms with Gasteiger partial charge in [0.15, 0.2) is 5.82 Å². The quantitative estimate of drug-likeness (QED) is 0.808. The van der Waals surface area contributed by atoms with Crippen molar-refractivity contribution in [3.8, 4) is 0 Å². The van der Waals surface area contributed by atoms with Gasteiger partial charge >= 0.3 is 0 Å². The summed E-state index contributed by atoms with van der Waals surface area (Å²) in [5.41, 5.74) is 6.51. The minimum Gasteiger partial charge on any atom is -0.384 e. The minimum absolute atomic E-state index is 0.0980. The van der Waals surface area contributed by atoms with Crippen LogP contribution in [0.1, 0.15) is 37.2 Å². The lowest BCUT2D eigenvalue weighted by atomic mass is 10.2. The van der Waals surface area contributed by atoms with Crippen molar-refractivity contribution in [2.75, 3.05) is 12.3 Å². The second-order valence-electron chi connectivity index (χ2n) is 5.17. The van der Waals surface area contributed by atoms with E-state index < -0.39 is 0 Å². The van der Waals surface area contributed by atoms with Gasteiger partial charge in [0.1, 0.15) is 12.4 Å². The first-order valence-electron chi connectivity index (χ1n) is 6.85. The van der Waals surface area contributed by atoms with E-state index in [0.29, 0.717) is 30.5 Å². The number of carbonyl (C=O) groups is 1. The van der Waals surface area contributed by atoms with Crippen molar-refractivity contribution in [3.05, 3.63) is 23.5 Å². The van der Waals surface area contributed by atoms with Crippen LogP contribution in [0, 0.1) is 6.92 Å². The maximum absolute atomic E-state index is 11.8. The summed E-state index contributed by atoms with van der Waals surface area (Å²) in [6.45, 7) is 6.34. The van der Waals surface area contributed by atoms with Gasteiger partial charge in [-0.3, -0.25) is 4.79 Å². The SMILES string of the molecule is Cc1cc(N)n(CC(=O)NCCc2nc(C(C)C)no2)n1. The largest absolute Gasteiger partial charge is 0.384 e. The smallest absolute Gasteiger partial charge is 0.241 e. The van der Waals surface area contributed by atoms with Gasteiger partial charge in [0.2, 0.25) is 11.8 Å². The van der Waals surface area contributed by atoms with Gasteiger partial charge in [-0.25, -0.2) is 4.68 Å². The summed E-state index contributed by atoms with van der Waals surface area (Å²) < 4.78 is 6.57. The van der Waals surface area contributed by atoms with Gasteiger partial charge in [-0.15, -0.1) is 0 Å². The van der Waals surface area contributed by atoms with Crippen LogP contribution in [-0.4, -0.2) is 32.4 Å². The molecule has 2 aromatic heterocycles. The molecule has 0 atom stereocenters. The second kappa shape index (κ2) is 6.38. The van der Waals surface area contributed by atoms with Crippen molar-refractivity contribution in [2.24, 2.45) is 0 Å². The normalized spacial score (nSPS) is 11.0. The Morgan fingerprint density at radius 2 is 2.29 bits per heavy atom. The number of rotatable bonds is 6. The summed E-state index contributed by atoms with van der Waals surface area (Å²) in [7, 11) is 0. The van der Waals surface area contributed by atoms with Crippen LogP contribution in [0.25, 0.3) is 0 Å². The molecule has 0 saturated carbocycles. The molecule has 0 saturated heterocycles. The molecular formula is C13H20N6O2. The van der Waals surface area contributed by atoms with Crippen LogP contribution in [0.3, 0.4) is 0 Å². The van der Waals surface area contributed by atoms with Crippen LogP contribution >= 0.6 is 0 Å². The van der Waals surface area contributed by atoms with Crippen LogP contribution < -0.4 is 11.1 Å². The summed E-state index contributed by atoms with van der Waals surface area (Å²) in [5, 5.41) is 10.8. The number of amides is 1. The Morgan fingerprint density at radius 1 is 1.52 bits per heavy atom. The molecule has 2 rings (SSSR count). The van der Waals surface area contributed by atoms with E-state index in [-0.39, 0.29) is 18.4 Å². The molecule has 2 heterocycles. The van der Waals surface area contributed by atoms with Crippen molar-refractivity contribution in [1.82, 2.24) is 25.2 Å². The molecule has 1 amide bonds. The number of anilines is 1. The molecule has 0 bridgehead atoms. The molecule has 0 aromatic carbocycles. The molecule has 0 radical (unpaired) electrons. The number of carbonyl (C=O) groups excluding carboxylic acids is 1. The third-order valence-electron chi connectivity index (χ3n) is 2.89. The number of nitrogens with one attached hydrogen (secondary N) is 1. The molecule has 21 heavy (non-hydrogen) atoms. The summed E-state index contributed by atoms with van der Waals surface area (Å²) >= 11 is 0. The number of aromatic nitrogens is 4. The zero-order valence-electron chi connectivity index (χ0n) is 12.5. The first-order valence-corrected chi connectivity index (χ1v) is 6.85. The summed E-state index contributed by atoms with van der Waals surface area (Å²) in [6.07, 6.45) is 0.499. The molecule has 0 fully saturated rings. The summed E-state index contributed by atoms with van der Waals surface area (Å²) in [6, 6.07) is 1.72. The van der Waals surface area contributed by atoms with Crippen molar-refractivity contribution >= 4 is 11.7 Å². The molecule has 3 N–H and O–H groups in total. The highest BCUT2D eigenvalue weighted by Gasteiger charge is 2.11. The van der Waals surface area contributed by atoms with Crippen LogP contribution in [0.2, 0.25) is 0 Å². The summed E-state index contributed by atoms with van der Waals surface area (Å²) in [5.74, 6) is 1.74. The van der Waals surface area contributed by atoms with Crippen molar-refractivity contribution < 1.29 is 9.32 Å². The zero-order valence-corrected chi connectivity index (χ0v) is 12.5. The van der Waals surface area contributed by atoms with Gasteiger partial charge < -0.3 is 15.6 Å². The Labute approximate surface area is 122 Å². The molecule has 0 unspecified atom stereocenters. The topological polar surface area (TPSA) is 112 Å². The Hall–Kier alpha value is -2.38. The molecule has 0 aliphatic heterocycles. The molecule has 0 aliphatic rings. The monoisotopic (exact) mass is 292 g/mol. The van der Waals surface area contributed by atoms with Crippen LogP contribution in [-0.2, 0) is 17.8 Å². The molecule has 0 spiro atoms. The number of nitrogen functional groups attached to an aromatic ring is 1. The van der Waals surface area contributed by atoms with E-state index >= 15 is 0 Å². The highest BCUT2D eigenvalue weighted by molar-refractivity contribution is 5.76. The molecular weight excluding hydrogens is 272 g/mol. The van der Waals surface area contributed by atoms with E-state index in [9.17, 15) is 4.79 Å². The Bertz CT molecular complexity index is 616. The first kappa shape index (κ1) is 15.0. The van der Waals surface area contributed by atoms with Crippen LogP contribution in [0.5, 0.6) is 0 Å². The average Bonchev–Trinajstić information content (AvgIpc) is 2.97. The van der Waals surface area contributed by atoms with Crippen LogP contribution in [0.4, 0.5) is 5.82 Å². The van der Waals surface area contributed by atoms with Gasteiger partial charge in [-0.1, -0.05) is 19.0 Å². The van der Waals surface area contributed by atoms with E-state index in [1.54, 1.807) is 6.07 Å². The number of hydrogen-bond acceptors (Lipinski definition) is 6. The predicted octanol–water partition coefficient (Wildman–Crippen LogP) is 0.639. The Kier molecular flexibility index (Phi) is 4.56. The fraction of sp³-hybridized carbons (Fsp3) is 0.538. The molecule has 8 heteroatoms. The maximum atomic E-state index is 11.8. The van der Waals surface area contributed by atoms with Gasteiger partial charge in [-0.2, -0.15) is 10.1 Å². The Balaban J connectivity index is 1.77. The van der Waals surface area contributed by atoms with Crippen molar-refractivity contribution in [3.63, 3.8) is 0 Å². The number of nitrogens with two attached hydrogens (primary N) is 1. The minimum atomic E-state index is -0.159. The third-order valence-corrected chi connectivity index (χ3v) is 2.89. The highest BCUT2D eigenvalue weighted by Crippen LogP contribution is 2.09.